The minimum atomic E-state index is -0.919. The van der Waals surface area contributed by atoms with Gasteiger partial charge in [-0.15, -0.1) is 0 Å². The molecule has 0 saturated heterocycles. The van der Waals surface area contributed by atoms with Crippen LogP contribution < -0.4 is 5.32 Å². The highest BCUT2D eigenvalue weighted by Crippen LogP contribution is 2.14. The number of halogens is 1. The number of ether oxygens (including phenoxy) is 1. The van der Waals surface area contributed by atoms with Crippen LogP contribution in [-0.4, -0.2) is 30.2 Å². The summed E-state index contributed by atoms with van der Waals surface area (Å²) < 4.78 is 6.09. The first-order valence-electron chi connectivity index (χ1n) is 9.38. The van der Waals surface area contributed by atoms with Crippen LogP contribution in [0.3, 0.4) is 0 Å². The number of hydrogen-bond donors (Lipinski definition) is 1. The number of carbonyl (C=O) groups excluding carboxylic acids is 3. The van der Waals surface area contributed by atoms with Crippen molar-refractivity contribution in [3.8, 4) is 0 Å². The van der Waals surface area contributed by atoms with Crippen LogP contribution in [0.15, 0.2) is 89.4 Å². The second-order valence-electron chi connectivity index (χ2n) is 6.59. The van der Waals surface area contributed by atoms with E-state index >= 15 is 0 Å². The molecule has 0 aliphatic carbocycles. The summed E-state index contributed by atoms with van der Waals surface area (Å²) in [6, 6.07) is 23.7. The molecule has 0 heterocycles. The van der Waals surface area contributed by atoms with E-state index in [1.807, 2.05) is 24.3 Å². The molecule has 0 aliphatic rings. The molecule has 3 aromatic rings. The van der Waals surface area contributed by atoms with Gasteiger partial charge in [0.15, 0.2) is 18.2 Å². The van der Waals surface area contributed by atoms with E-state index in [4.69, 9.17) is 4.74 Å². The molecule has 0 radical (unpaired) electrons. The van der Waals surface area contributed by atoms with Gasteiger partial charge >= 0.3 is 5.97 Å². The van der Waals surface area contributed by atoms with Gasteiger partial charge in [0.05, 0.1) is 0 Å². The molecule has 152 valence electrons. The van der Waals surface area contributed by atoms with Crippen molar-refractivity contribution < 1.29 is 19.1 Å². The average molecular weight is 466 g/mol. The Kier molecular flexibility index (Phi) is 7.51. The summed E-state index contributed by atoms with van der Waals surface area (Å²) in [5.41, 5.74) is 1.63. The van der Waals surface area contributed by atoms with Crippen molar-refractivity contribution in [3.63, 3.8) is 0 Å². The molecule has 3 aromatic carbocycles. The highest BCUT2D eigenvalue weighted by Gasteiger charge is 2.25. The number of hydrogen-bond acceptors (Lipinski definition) is 5. The smallest absolute Gasteiger partial charge is 0.329 e. The highest BCUT2D eigenvalue weighted by molar-refractivity contribution is 9.10. The average Bonchev–Trinajstić information content (AvgIpc) is 2.78. The normalized spacial score (nSPS) is 11.4. The fourth-order valence-corrected chi connectivity index (χ4v) is 3.08. The van der Waals surface area contributed by atoms with E-state index in [0.29, 0.717) is 16.8 Å². The monoisotopic (exact) mass is 465 g/mol. The van der Waals surface area contributed by atoms with E-state index < -0.39 is 18.6 Å². The molecule has 0 amide bonds. The number of para-hydroxylation sites is 1. The highest BCUT2D eigenvalue weighted by atomic mass is 79.9. The number of carbonyl (C=O) groups is 3. The predicted octanol–water partition coefficient (Wildman–Crippen LogP) is 4.93. The zero-order chi connectivity index (χ0) is 21.3. The zero-order valence-electron chi connectivity index (χ0n) is 16.1. The topological polar surface area (TPSA) is 72.5 Å². The Morgan fingerprint density at radius 1 is 0.767 bits per heavy atom. The lowest BCUT2D eigenvalue weighted by Crippen LogP contribution is -2.34. The van der Waals surface area contributed by atoms with E-state index in [0.717, 1.165) is 4.47 Å². The number of rotatable bonds is 9. The van der Waals surface area contributed by atoms with Crippen molar-refractivity contribution in [2.75, 3.05) is 11.9 Å². The minimum Gasteiger partial charge on any atom is -0.456 e. The van der Waals surface area contributed by atoms with E-state index in [1.54, 1.807) is 60.7 Å². The Labute approximate surface area is 183 Å². The quantitative estimate of drug-likeness (QED) is 0.358. The maximum Gasteiger partial charge on any atom is 0.329 e. The van der Waals surface area contributed by atoms with Crippen LogP contribution >= 0.6 is 15.9 Å². The van der Waals surface area contributed by atoms with Crippen LogP contribution in [0.5, 0.6) is 0 Å². The fraction of sp³-hybridized carbons (Fsp3) is 0.125. The first-order valence-corrected chi connectivity index (χ1v) is 10.2. The second-order valence-corrected chi connectivity index (χ2v) is 7.51. The van der Waals surface area contributed by atoms with Crippen LogP contribution in [0, 0.1) is 0 Å². The number of Topliss-reactive ketones (excluding diaryl/α,β-unsaturated/α-hetero) is 2. The standard InChI is InChI=1S/C24H20BrNO4/c25-19-13-11-18(12-14-19)23(28)16-30-24(29)21(26-20-9-5-2-6-10-20)15-22(27)17-7-3-1-4-8-17/h1-14,21,26H,15-16H2. The van der Waals surface area contributed by atoms with E-state index in [2.05, 4.69) is 21.2 Å². The van der Waals surface area contributed by atoms with Crippen molar-refractivity contribution in [2.45, 2.75) is 12.5 Å². The third kappa shape index (κ3) is 6.12. The van der Waals surface area contributed by atoms with Crippen LogP contribution in [-0.2, 0) is 9.53 Å². The third-order valence-corrected chi connectivity index (χ3v) is 4.92. The molecule has 0 aliphatic heterocycles. The second kappa shape index (κ2) is 10.5. The summed E-state index contributed by atoms with van der Waals surface area (Å²) in [5.74, 6) is -1.17. The van der Waals surface area contributed by atoms with E-state index in [1.165, 1.54) is 0 Å². The molecule has 5 nitrogen and oxygen atoms in total. The Balaban J connectivity index is 1.68. The third-order valence-electron chi connectivity index (χ3n) is 4.40. The zero-order valence-corrected chi connectivity index (χ0v) is 17.7. The molecule has 1 atom stereocenters. The summed E-state index contributed by atoms with van der Waals surface area (Å²) in [6.07, 6.45) is -0.0930. The van der Waals surface area contributed by atoms with Crippen molar-refractivity contribution >= 4 is 39.2 Å². The van der Waals surface area contributed by atoms with Crippen LogP contribution in [0.4, 0.5) is 5.69 Å². The molecular weight excluding hydrogens is 446 g/mol. The Bertz CT molecular complexity index is 1000. The van der Waals surface area contributed by atoms with Gasteiger partial charge in [0.1, 0.15) is 6.04 Å². The van der Waals surface area contributed by atoms with Crippen molar-refractivity contribution in [2.24, 2.45) is 0 Å². The van der Waals surface area contributed by atoms with E-state index in [-0.39, 0.29) is 18.0 Å². The first-order chi connectivity index (χ1) is 14.5. The van der Waals surface area contributed by atoms with Gasteiger partial charge in [-0.3, -0.25) is 9.59 Å². The number of esters is 1. The molecule has 0 fully saturated rings. The molecule has 0 bridgehead atoms. The van der Waals surface area contributed by atoms with Gasteiger partial charge in [0.25, 0.3) is 0 Å². The number of anilines is 1. The lowest BCUT2D eigenvalue weighted by Gasteiger charge is -2.18. The molecule has 30 heavy (non-hydrogen) atoms. The number of ketones is 2. The largest absolute Gasteiger partial charge is 0.456 e. The fourth-order valence-electron chi connectivity index (χ4n) is 2.81. The molecule has 6 heteroatoms. The van der Waals surface area contributed by atoms with Gasteiger partial charge in [-0.25, -0.2) is 4.79 Å². The Morgan fingerprint density at radius 3 is 1.97 bits per heavy atom. The molecule has 1 N–H and O–H groups in total. The van der Waals surface area contributed by atoms with Gasteiger partial charge in [-0.2, -0.15) is 0 Å². The van der Waals surface area contributed by atoms with Gasteiger partial charge in [-0.1, -0.05) is 76.6 Å². The molecule has 0 saturated carbocycles. The minimum absolute atomic E-state index is 0.0930. The van der Waals surface area contributed by atoms with E-state index in [9.17, 15) is 14.4 Å². The van der Waals surface area contributed by atoms with Crippen LogP contribution in [0.2, 0.25) is 0 Å². The summed E-state index contributed by atoms with van der Waals surface area (Å²) in [4.78, 5) is 37.6. The van der Waals surface area contributed by atoms with Gasteiger partial charge < -0.3 is 10.1 Å². The molecule has 0 spiro atoms. The first kappa shape index (κ1) is 21.5. The van der Waals surface area contributed by atoms with Crippen molar-refractivity contribution in [3.05, 3.63) is 101 Å². The number of nitrogens with one attached hydrogen (secondary N) is 1. The van der Waals surface area contributed by atoms with Crippen molar-refractivity contribution in [1.82, 2.24) is 0 Å². The summed E-state index contributed by atoms with van der Waals surface area (Å²) in [5, 5.41) is 3.04. The number of benzene rings is 3. The Hall–Kier alpha value is -3.25. The molecular formula is C24H20BrNO4. The lowest BCUT2D eigenvalue weighted by molar-refractivity contribution is -0.143. The van der Waals surface area contributed by atoms with Crippen LogP contribution in [0.25, 0.3) is 0 Å². The molecule has 1 unspecified atom stereocenters. The summed E-state index contributed by atoms with van der Waals surface area (Å²) >= 11 is 3.31. The summed E-state index contributed by atoms with van der Waals surface area (Å²) in [7, 11) is 0. The lowest BCUT2D eigenvalue weighted by atomic mass is 10.0. The van der Waals surface area contributed by atoms with Crippen LogP contribution in [0.1, 0.15) is 27.1 Å². The van der Waals surface area contributed by atoms with Gasteiger partial charge in [0.2, 0.25) is 0 Å². The molecule has 3 rings (SSSR count). The SMILES string of the molecule is O=C(COC(=O)C(CC(=O)c1ccccc1)Nc1ccccc1)c1ccc(Br)cc1. The maximum absolute atomic E-state index is 12.7. The Morgan fingerprint density at radius 2 is 1.33 bits per heavy atom. The van der Waals surface area contributed by atoms with Gasteiger partial charge in [-0.05, 0) is 24.3 Å². The van der Waals surface area contributed by atoms with Crippen molar-refractivity contribution in [1.29, 1.82) is 0 Å². The molecule has 0 aromatic heterocycles. The maximum atomic E-state index is 12.7. The predicted molar refractivity (Wildman–Crippen MR) is 119 cm³/mol. The van der Waals surface area contributed by atoms with Gasteiger partial charge in [0, 0.05) is 27.7 Å². The summed E-state index contributed by atoms with van der Waals surface area (Å²) in [6.45, 7) is -0.396.